The molecule has 0 aromatic heterocycles. The number of benzene rings is 3. The maximum Gasteiger partial charge on any atom is 0.187 e. The number of aliphatic hydroxyl groups is 1. The van der Waals surface area contributed by atoms with Crippen LogP contribution in [-0.4, -0.2) is 48.0 Å². The van der Waals surface area contributed by atoms with Crippen molar-refractivity contribution in [2.45, 2.75) is 95.3 Å². The topological polar surface area (TPSA) is 66.4 Å². The number of hydrogen-bond donors (Lipinski definition) is 1. The monoisotopic (exact) mass is 532 g/mol. The van der Waals surface area contributed by atoms with Crippen molar-refractivity contribution in [2.24, 2.45) is 0 Å². The summed E-state index contributed by atoms with van der Waals surface area (Å²) in [5.74, 6) is 0. The first-order valence-electron chi connectivity index (χ1n) is 14.1. The average molecular weight is 533 g/mol. The number of ether oxygens (including phenoxy) is 5. The highest BCUT2D eigenvalue weighted by molar-refractivity contribution is 5.15. The molecule has 1 saturated heterocycles. The van der Waals surface area contributed by atoms with Gasteiger partial charge < -0.3 is 28.8 Å². The molecule has 1 N–H and O–H groups in total. The Kier molecular flexibility index (Phi) is 10.2. The van der Waals surface area contributed by atoms with E-state index < -0.39 is 24.6 Å². The molecule has 1 saturated carbocycles. The zero-order valence-electron chi connectivity index (χ0n) is 22.6. The van der Waals surface area contributed by atoms with Crippen molar-refractivity contribution >= 4 is 0 Å². The second-order valence-corrected chi connectivity index (χ2v) is 10.5. The van der Waals surface area contributed by atoms with E-state index in [1.54, 1.807) is 0 Å². The molecule has 2 fully saturated rings. The zero-order chi connectivity index (χ0) is 26.9. The van der Waals surface area contributed by atoms with E-state index >= 15 is 0 Å². The van der Waals surface area contributed by atoms with Crippen molar-refractivity contribution in [3.63, 3.8) is 0 Å². The van der Waals surface area contributed by atoms with Crippen molar-refractivity contribution in [1.29, 1.82) is 0 Å². The van der Waals surface area contributed by atoms with E-state index in [-0.39, 0.29) is 18.3 Å². The van der Waals surface area contributed by atoms with Crippen molar-refractivity contribution in [1.82, 2.24) is 0 Å². The molecule has 0 radical (unpaired) electrons. The lowest BCUT2D eigenvalue weighted by atomic mass is 9.94. The molecule has 0 bridgehead atoms. The number of rotatable bonds is 11. The Hall–Kier alpha value is -2.58. The largest absolute Gasteiger partial charge is 0.390 e. The molecule has 1 aliphatic heterocycles. The standard InChI is InChI=1S/C33H40O6/c1-24-30(35-21-25-13-5-2-6-14-25)31(36-22-26-15-7-3-8-16-26)32(37-23-27-17-9-4-10-18-27)33(38-24)39-29-20-12-11-19-28(29)34/h2-10,13-18,24,28-34H,11-12,19-23H2,1H3/t24-,28+,29-,30+,31+,32-,33-/m0/s1. The summed E-state index contributed by atoms with van der Waals surface area (Å²) in [7, 11) is 0. The Labute approximate surface area is 231 Å². The summed E-state index contributed by atoms with van der Waals surface area (Å²) in [6.45, 7) is 3.22. The number of hydrogen-bond acceptors (Lipinski definition) is 6. The smallest absolute Gasteiger partial charge is 0.187 e. The van der Waals surface area contributed by atoms with Crippen LogP contribution in [0.2, 0.25) is 0 Å². The average Bonchev–Trinajstić information content (AvgIpc) is 2.98. The minimum absolute atomic E-state index is 0.296. The van der Waals surface area contributed by atoms with Gasteiger partial charge in [0.15, 0.2) is 6.29 Å². The Morgan fingerprint density at radius 2 is 1.10 bits per heavy atom. The Morgan fingerprint density at radius 3 is 1.62 bits per heavy atom. The molecule has 3 aromatic carbocycles. The van der Waals surface area contributed by atoms with Gasteiger partial charge in [0.25, 0.3) is 0 Å². The molecule has 2 aliphatic rings. The van der Waals surface area contributed by atoms with Gasteiger partial charge in [-0.3, -0.25) is 0 Å². The maximum absolute atomic E-state index is 10.7. The van der Waals surface area contributed by atoms with Gasteiger partial charge in [0.05, 0.1) is 38.1 Å². The summed E-state index contributed by atoms with van der Waals surface area (Å²) >= 11 is 0. The summed E-state index contributed by atoms with van der Waals surface area (Å²) in [4.78, 5) is 0. The van der Waals surface area contributed by atoms with Gasteiger partial charge in [-0.05, 0) is 36.5 Å². The molecular formula is C33H40O6. The quantitative estimate of drug-likeness (QED) is 0.336. The van der Waals surface area contributed by atoms with E-state index in [1.807, 2.05) is 85.8 Å². The fraction of sp³-hybridized carbons (Fsp3) is 0.455. The Morgan fingerprint density at radius 1 is 0.641 bits per heavy atom. The van der Waals surface area contributed by atoms with Gasteiger partial charge >= 0.3 is 0 Å². The van der Waals surface area contributed by atoms with Crippen LogP contribution in [0.5, 0.6) is 0 Å². The molecule has 208 valence electrons. The lowest BCUT2D eigenvalue weighted by molar-refractivity contribution is -0.334. The third-order valence-corrected chi connectivity index (χ3v) is 7.56. The molecule has 39 heavy (non-hydrogen) atoms. The van der Waals surface area contributed by atoms with Gasteiger partial charge in [-0.1, -0.05) is 104 Å². The van der Waals surface area contributed by atoms with Gasteiger partial charge in [0.1, 0.15) is 18.3 Å². The lowest BCUT2D eigenvalue weighted by Gasteiger charge is -2.46. The van der Waals surface area contributed by atoms with Gasteiger partial charge in [0, 0.05) is 0 Å². The van der Waals surface area contributed by atoms with E-state index in [0.717, 1.165) is 42.4 Å². The van der Waals surface area contributed by atoms with E-state index in [9.17, 15) is 5.11 Å². The highest BCUT2D eigenvalue weighted by Gasteiger charge is 2.48. The molecule has 0 spiro atoms. The maximum atomic E-state index is 10.7. The first kappa shape index (κ1) is 28.0. The summed E-state index contributed by atoms with van der Waals surface area (Å²) in [5.41, 5.74) is 3.20. The van der Waals surface area contributed by atoms with E-state index in [4.69, 9.17) is 23.7 Å². The van der Waals surface area contributed by atoms with Crippen molar-refractivity contribution in [3.05, 3.63) is 108 Å². The zero-order valence-corrected chi connectivity index (χ0v) is 22.6. The summed E-state index contributed by atoms with van der Waals surface area (Å²) in [6.07, 6.45) is 0.363. The first-order valence-corrected chi connectivity index (χ1v) is 14.1. The van der Waals surface area contributed by atoms with Crippen LogP contribution < -0.4 is 0 Å². The van der Waals surface area contributed by atoms with Gasteiger partial charge in [-0.15, -0.1) is 0 Å². The Balaban J connectivity index is 1.39. The van der Waals surface area contributed by atoms with Gasteiger partial charge in [0.2, 0.25) is 0 Å². The van der Waals surface area contributed by atoms with Crippen LogP contribution in [0.3, 0.4) is 0 Å². The van der Waals surface area contributed by atoms with Gasteiger partial charge in [-0.25, -0.2) is 0 Å². The molecule has 7 atom stereocenters. The second kappa shape index (κ2) is 14.2. The van der Waals surface area contributed by atoms with E-state index in [0.29, 0.717) is 19.8 Å². The molecule has 6 nitrogen and oxygen atoms in total. The lowest BCUT2D eigenvalue weighted by Crippen LogP contribution is -2.61. The van der Waals surface area contributed by atoms with Crippen LogP contribution in [0.1, 0.15) is 49.3 Å². The highest BCUT2D eigenvalue weighted by atomic mass is 16.7. The van der Waals surface area contributed by atoms with Gasteiger partial charge in [-0.2, -0.15) is 0 Å². The normalized spacial score (nSPS) is 29.2. The van der Waals surface area contributed by atoms with E-state index in [1.165, 1.54) is 0 Å². The third kappa shape index (κ3) is 7.76. The molecule has 6 heteroatoms. The fourth-order valence-electron chi connectivity index (χ4n) is 5.39. The van der Waals surface area contributed by atoms with Crippen molar-refractivity contribution in [2.75, 3.05) is 0 Å². The van der Waals surface area contributed by atoms with E-state index in [2.05, 4.69) is 12.1 Å². The fourth-order valence-corrected chi connectivity index (χ4v) is 5.39. The predicted molar refractivity (Wildman–Crippen MR) is 149 cm³/mol. The van der Waals surface area contributed by atoms with Crippen LogP contribution in [0, 0.1) is 0 Å². The Bertz CT molecular complexity index is 1090. The first-order chi connectivity index (χ1) is 19.2. The number of aliphatic hydroxyl groups excluding tert-OH is 1. The SMILES string of the molecule is C[C@@H]1O[C@@H](O[C@H]2CCCC[C@H]2O)[C@@H](OCc2ccccc2)[C@H](OCc2ccccc2)[C@@H]1OCc1ccccc1. The third-order valence-electron chi connectivity index (χ3n) is 7.56. The summed E-state index contributed by atoms with van der Waals surface area (Å²) in [6, 6.07) is 30.3. The van der Waals surface area contributed by atoms with Crippen LogP contribution in [0.15, 0.2) is 91.0 Å². The highest BCUT2D eigenvalue weighted by Crippen LogP contribution is 2.33. The molecule has 0 unspecified atom stereocenters. The molecule has 1 aliphatic carbocycles. The van der Waals surface area contributed by atoms with Crippen LogP contribution in [-0.2, 0) is 43.5 Å². The summed E-state index contributed by atoms with van der Waals surface area (Å²) in [5, 5.41) is 10.7. The molecule has 3 aromatic rings. The predicted octanol–water partition coefficient (Wildman–Crippen LogP) is 5.81. The van der Waals surface area contributed by atoms with Crippen LogP contribution in [0.4, 0.5) is 0 Å². The van der Waals surface area contributed by atoms with Crippen LogP contribution in [0.25, 0.3) is 0 Å². The van der Waals surface area contributed by atoms with Crippen LogP contribution >= 0.6 is 0 Å². The minimum Gasteiger partial charge on any atom is -0.390 e. The van der Waals surface area contributed by atoms with Crippen molar-refractivity contribution < 1.29 is 28.8 Å². The minimum atomic E-state index is -0.696. The molecule has 5 rings (SSSR count). The van der Waals surface area contributed by atoms with Crippen molar-refractivity contribution in [3.8, 4) is 0 Å². The molecule has 1 heterocycles. The molecular weight excluding hydrogens is 492 g/mol. The molecule has 0 amide bonds. The second-order valence-electron chi connectivity index (χ2n) is 10.5. The summed E-state index contributed by atoms with van der Waals surface area (Å²) < 4.78 is 32.6.